The molecular formula is C15H11ClFN3OS. The molecule has 1 aromatic carbocycles. The number of aromatic nitrogens is 2. The summed E-state index contributed by atoms with van der Waals surface area (Å²) in [5.74, 6) is -0.916. The number of hydrogen-bond acceptors (Lipinski definition) is 3. The Balaban J connectivity index is 1.80. The zero-order chi connectivity index (χ0) is 15.7. The smallest absolute Gasteiger partial charge is 0.248 e. The molecule has 0 saturated carbocycles. The van der Waals surface area contributed by atoms with Gasteiger partial charge in [-0.3, -0.25) is 9.20 Å². The predicted molar refractivity (Wildman–Crippen MR) is 86.9 cm³/mol. The van der Waals surface area contributed by atoms with Gasteiger partial charge in [0.15, 0.2) is 10.1 Å². The van der Waals surface area contributed by atoms with Crippen LogP contribution in [0.25, 0.3) is 11.0 Å². The molecule has 0 aliphatic heterocycles. The molecule has 0 atom stereocenters. The molecule has 3 aromatic rings. The Morgan fingerprint density at radius 3 is 3.14 bits per heavy atom. The number of carbonyl (C=O) groups is 1. The average Bonchev–Trinajstić information content (AvgIpc) is 3.01. The highest BCUT2D eigenvalue weighted by atomic mass is 35.5. The Kier molecular flexibility index (Phi) is 3.96. The fraction of sp³-hybridized carbons (Fsp3) is 0.0667. The van der Waals surface area contributed by atoms with E-state index in [1.54, 1.807) is 22.6 Å². The van der Waals surface area contributed by atoms with Crippen molar-refractivity contribution in [2.45, 2.75) is 6.92 Å². The van der Waals surface area contributed by atoms with Crippen molar-refractivity contribution in [2.75, 3.05) is 5.32 Å². The maximum Gasteiger partial charge on any atom is 0.248 e. The molecule has 112 valence electrons. The Hall–Kier alpha value is -2.18. The van der Waals surface area contributed by atoms with Gasteiger partial charge >= 0.3 is 0 Å². The lowest BCUT2D eigenvalue weighted by Crippen LogP contribution is -2.09. The number of thiazole rings is 1. The van der Waals surface area contributed by atoms with Crippen LogP contribution >= 0.6 is 22.9 Å². The number of imidazole rings is 1. The molecular weight excluding hydrogens is 325 g/mol. The Bertz CT molecular complexity index is 884. The van der Waals surface area contributed by atoms with Gasteiger partial charge in [0, 0.05) is 17.7 Å². The third-order valence-corrected chi connectivity index (χ3v) is 4.06. The number of halogens is 2. The predicted octanol–water partition coefficient (Wildman–Crippen LogP) is 4.15. The second-order valence-corrected chi connectivity index (χ2v) is 5.88. The van der Waals surface area contributed by atoms with E-state index in [2.05, 4.69) is 10.3 Å². The fourth-order valence-electron chi connectivity index (χ4n) is 1.99. The molecule has 0 saturated heterocycles. The van der Waals surface area contributed by atoms with Crippen LogP contribution in [0.5, 0.6) is 0 Å². The molecule has 3 rings (SSSR count). The first-order chi connectivity index (χ1) is 10.5. The van der Waals surface area contributed by atoms with E-state index in [0.29, 0.717) is 10.8 Å². The number of amides is 1. The quantitative estimate of drug-likeness (QED) is 0.731. The number of hydrogen-bond donors (Lipinski definition) is 1. The largest absolute Gasteiger partial charge is 0.320 e. The lowest BCUT2D eigenvalue weighted by Gasteiger charge is -2.04. The zero-order valence-electron chi connectivity index (χ0n) is 11.5. The van der Waals surface area contributed by atoms with E-state index in [-0.39, 0.29) is 5.69 Å². The van der Waals surface area contributed by atoms with Crippen LogP contribution in [-0.4, -0.2) is 15.3 Å². The van der Waals surface area contributed by atoms with Crippen molar-refractivity contribution in [3.63, 3.8) is 0 Å². The summed E-state index contributed by atoms with van der Waals surface area (Å²) in [4.78, 5) is 16.8. The van der Waals surface area contributed by atoms with Crippen molar-refractivity contribution in [2.24, 2.45) is 0 Å². The molecule has 4 nitrogen and oxygen atoms in total. The molecule has 0 spiro atoms. The van der Waals surface area contributed by atoms with Gasteiger partial charge in [-0.25, -0.2) is 9.37 Å². The second kappa shape index (κ2) is 5.90. The molecule has 0 radical (unpaired) electrons. The summed E-state index contributed by atoms with van der Waals surface area (Å²) in [6.45, 7) is 1.82. The van der Waals surface area contributed by atoms with E-state index in [1.165, 1.54) is 23.5 Å². The Labute approximate surface area is 134 Å². The summed E-state index contributed by atoms with van der Waals surface area (Å²) in [7, 11) is 0. The van der Waals surface area contributed by atoms with Crippen LogP contribution in [0, 0.1) is 12.7 Å². The van der Waals surface area contributed by atoms with Crippen LogP contribution in [0.4, 0.5) is 10.1 Å². The number of nitrogens with zero attached hydrogens (tertiary/aromatic N) is 2. The van der Waals surface area contributed by atoms with E-state index in [1.807, 2.05) is 18.5 Å². The van der Waals surface area contributed by atoms with E-state index in [9.17, 15) is 9.18 Å². The van der Waals surface area contributed by atoms with Gasteiger partial charge in [-0.2, -0.15) is 0 Å². The maximum atomic E-state index is 13.6. The van der Waals surface area contributed by atoms with E-state index in [4.69, 9.17) is 11.6 Å². The lowest BCUT2D eigenvalue weighted by atomic mass is 10.2. The van der Waals surface area contributed by atoms with Crippen molar-refractivity contribution in [1.29, 1.82) is 0 Å². The summed E-state index contributed by atoms with van der Waals surface area (Å²) in [5.41, 5.74) is 1.62. The third-order valence-electron chi connectivity index (χ3n) is 3.03. The molecule has 0 bridgehead atoms. The van der Waals surface area contributed by atoms with Gasteiger partial charge in [-0.05, 0) is 30.7 Å². The van der Waals surface area contributed by atoms with Crippen molar-refractivity contribution >= 4 is 45.6 Å². The van der Waals surface area contributed by atoms with Crippen molar-refractivity contribution in [1.82, 2.24) is 9.38 Å². The second-order valence-electron chi connectivity index (χ2n) is 4.65. The van der Waals surface area contributed by atoms with Crippen molar-refractivity contribution < 1.29 is 9.18 Å². The number of anilines is 1. The summed E-state index contributed by atoms with van der Waals surface area (Å²) < 4.78 is 15.4. The SMILES string of the molecule is Cc1ccc(F)c(NC(=O)/C=C/c2c(Cl)nc3sccn23)c1. The minimum absolute atomic E-state index is 0.148. The number of nitrogens with one attached hydrogen (secondary N) is 1. The van der Waals surface area contributed by atoms with Crippen LogP contribution in [0.1, 0.15) is 11.3 Å². The van der Waals surface area contributed by atoms with Gasteiger partial charge in [-0.1, -0.05) is 17.7 Å². The first kappa shape index (κ1) is 14.7. The maximum absolute atomic E-state index is 13.6. The number of carbonyl (C=O) groups excluding carboxylic acids is 1. The summed E-state index contributed by atoms with van der Waals surface area (Å²) in [6.07, 6.45) is 4.67. The molecule has 2 heterocycles. The monoisotopic (exact) mass is 335 g/mol. The highest BCUT2D eigenvalue weighted by Crippen LogP contribution is 2.22. The molecule has 1 N–H and O–H groups in total. The molecule has 0 unspecified atom stereocenters. The average molecular weight is 336 g/mol. The van der Waals surface area contributed by atoms with Gasteiger partial charge < -0.3 is 5.32 Å². The first-order valence-corrected chi connectivity index (χ1v) is 7.66. The molecule has 22 heavy (non-hydrogen) atoms. The van der Waals surface area contributed by atoms with Gasteiger partial charge in [0.1, 0.15) is 5.82 Å². The minimum Gasteiger partial charge on any atom is -0.320 e. The molecule has 1 amide bonds. The Morgan fingerprint density at radius 2 is 2.32 bits per heavy atom. The van der Waals surface area contributed by atoms with Gasteiger partial charge in [0.2, 0.25) is 5.91 Å². The molecule has 0 aliphatic rings. The zero-order valence-corrected chi connectivity index (χ0v) is 13.1. The molecule has 0 aliphatic carbocycles. The van der Waals surface area contributed by atoms with Gasteiger partial charge in [-0.15, -0.1) is 11.3 Å². The molecule has 0 fully saturated rings. The summed E-state index contributed by atoms with van der Waals surface area (Å²) >= 11 is 7.48. The topological polar surface area (TPSA) is 46.4 Å². The van der Waals surface area contributed by atoms with Crippen LogP contribution in [0.3, 0.4) is 0 Å². The van der Waals surface area contributed by atoms with Gasteiger partial charge in [0.25, 0.3) is 0 Å². The number of aryl methyl sites for hydroxylation is 1. The first-order valence-electron chi connectivity index (χ1n) is 6.41. The highest BCUT2D eigenvalue weighted by molar-refractivity contribution is 7.15. The van der Waals surface area contributed by atoms with E-state index < -0.39 is 11.7 Å². The molecule has 2 aromatic heterocycles. The minimum atomic E-state index is -0.477. The number of benzene rings is 1. The number of rotatable bonds is 3. The van der Waals surface area contributed by atoms with E-state index >= 15 is 0 Å². The summed E-state index contributed by atoms with van der Waals surface area (Å²) in [6, 6.07) is 4.53. The number of fused-ring (bicyclic) bond motifs is 1. The standard InChI is InChI=1S/C15H11ClFN3OS/c1-9-2-3-10(17)11(8-9)18-13(21)5-4-12-14(16)19-15-20(12)6-7-22-15/h2-8H,1H3,(H,18,21)/b5-4+. The van der Waals surface area contributed by atoms with Crippen molar-refractivity contribution in [3.8, 4) is 0 Å². The molecule has 7 heteroatoms. The fourth-order valence-corrected chi connectivity index (χ4v) is 3.00. The Morgan fingerprint density at radius 1 is 1.50 bits per heavy atom. The van der Waals surface area contributed by atoms with Gasteiger partial charge in [0.05, 0.1) is 11.4 Å². The van der Waals surface area contributed by atoms with E-state index in [0.717, 1.165) is 10.5 Å². The third kappa shape index (κ3) is 2.88. The lowest BCUT2D eigenvalue weighted by molar-refractivity contribution is -0.111. The van der Waals surface area contributed by atoms with Crippen LogP contribution in [0.2, 0.25) is 5.15 Å². The van der Waals surface area contributed by atoms with Crippen LogP contribution in [0.15, 0.2) is 35.9 Å². The highest BCUT2D eigenvalue weighted by Gasteiger charge is 2.09. The van der Waals surface area contributed by atoms with Crippen molar-refractivity contribution in [3.05, 3.63) is 58.1 Å². The summed E-state index contributed by atoms with van der Waals surface area (Å²) in [5, 5.41) is 4.69. The van der Waals surface area contributed by atoms with Crippen LogP contribution in [-0.2, 0) is 4.79 Å². The van der Waals surface area contributed by atoms with Crippen LogP contribution < -0.4 is 5.32 Å². The normalized spacial score (nSPS) is 11.4.